The summed E-state index contributed by atoms with van der Waals surface area (Å²) in [6, 6.07) is 15.8. The van der Waals surface area contributed by atoms with Gasteiger partial charge in [0.05, 0.1) is 19.6 Å². The van der Waals surface area contributed by atoms with Crippen molar-refractivity contribution in [2.24, 2.45) is 0 Å². The van der Waals surface area contributed by atoms with Gasteiger partial charge in [-0.05, 0) is 61.4 Å². The lowest BCUT2D eigenvalue weighted by atomic mass is 10.3. The summed E-state index contributed by atoms with van der Waals surface area (Å²) in [6.07, 6.45) is 3.07. The quantitative estimate of drug-likeness (QED) is 0.222. The fraction of sp³-hybridized carbons (Fsp3) is 0.0833. The van der Waals surface area contributed by atoms with Gasteiger partial charge in [-0.25, -0.2) is 26.8 Å². The maximum atomic E-state index is 12.0. The van der Waals surface area contributed by atoms with Crippen LogP contribution in [0.3, 0.4) is 0 Å². The Bertz CT molecular complexity index is 1580. The first kappa shape index (κ1) is 29.6. The Morgan fingerprint density at radius 2 is 0.900 bits per heavy atom. The second kappa shape index (κ2) is 12.3. The van der Waals surface area contributed by atoms with E-state index in [1.54, 1.807) is 12.1 Å². The maximum Gasteiger partial charge on any atom is 0.269 e. The number of anilines is 2. The molecule has 0 aliphatic carbocycles. The van der Waals surface area contributed by atoms with Crippen molar-refractivity contribution in [1.82, 2.24) is 9.97 Å². The molecule has 4 aromatic rings. The Balaban J connectivity index is 0.000000220. The first-order valence-electron chi connectivity index (χ1n) is 11.2. The Morgan fingerprint density at radius 1 is 0.575 bits per heavy atom. The second-order valence-electron chi connectivity index (χ2n) is 8.15. The summed E-state index contributed by atoms with van der Waals surface area (Å²) in [5.74, 6) is 0.378. The van der Waals surface area contributed by atoms with Crippen LogP contribution in [0.4, 0.5) is 23.0 Å². The fourth-order valence-electron chi connectivity index (χ4n) is 2.94. The van der Waals surface area contributed by atoms with Gasteiger partial charge < -0.3 is 0 Å². The summed E-state index contributed by atoms with van der Waals surface area (Å²) < 4.78 is 52.8. The van der Waals surface area contributed by atoms with Crippen LogP contribution in [-0.2, 0) is 20.0 Å². The fourth-order valence-corrected chi connectivity index (χ4v) is 4.96. The minimum absolute atomic E-state index is 0.0644. The lowest BCUT2D eigenvalue weighted by molar-refractivity contribution is -0.385. The van der Waals surface area contributed by atoms with Gasteiger partial charge in [-0.1, -0.05) is 12.1 Å². The van der Waals surface area contributed by atoms with Crippen LogP contribution in [0, 0.1) is 34.1 Å². The van der Waals surface area contributed by atoms with Gasteiger partial charge in [-0.3, -0.25) is 29.7 Å². The third-order valence-corrected chi connectivity index (χ3v) is 7.76. The number of benzene rings is 2. The molecule has 0 radical (unpaired) electrons. The molecular weight excluding hydrogens is 564 g/mol. The SMILES string of the molecule is Cc1ccc(NS(=O)(=O)c2ccc([N+](=O)[O-])cc2)nc1.Cc1ccc(NS(=O)(=O)c2ccc([N+](=O)[O-])cc2)nc1. The van der Waals surface area contributed by atoms with Crippen molar-refractivity contribution in [2.75, 3.05) is 9.44 Å². The molecule has 0 unspecified atom stereocenters. The predicted octanol–water partition coefficient (Wildman–Crippen LogP) is 4.20. The molecule has 2 N–H and O–H groups in total. The minimum atomic E-state index is -3.80. The number of nitro benzene ring substituents is 2. The highest BCUT2D eigenvalue weighted by atomic mass is 32.2. The number of non-ortho nitro benzene ring substituents is 2. The number of sulfonamides is 2. The molecule has 4 rings (SSSR count). The first-order valence-corrected chi connectivity index (χ1v) is 14.1. The Morgan fingerprint density at radius 3 is 1.15 bits per heavy atom. The van der Waals surface area contributed by atoms with Crippen LogP contribution in [0.2, 0.25) is 0 Å². The molecule has 0 atom stereocenters. The number of nitro groups is 2. The molecule has 2 aromatic heterocycles. The minimum Gasteiger partial charge on any atom is -0.263 e. The number of aryl methyl sites for hydroxylation is 2. The van der Waals surface area contributed by atoms with Crippen molar-refractivity contribution in [1.29, 1.82) is 0 Å². The number of nitrogens with zero attached hydrogens (tertiary/aromatic N) is 4. The summed E-state index contributed by atoms with van der Waals surface area (Å²) in [5, 5.41) is 21.0. The third kappa shape index (κ3) is 8.02. The topological polar surface area (TPSA) is 204 Å². The molecule has 0 bridgehead atoms. The molecule has 0 amide bonds. The largest absolute Gasteiger partial charge is 0.269 e. The third-order valence-electron chi connectivity index (χ3n) is 5.02. The highest BCUT2D eigenvalue weighted by Crippen LogP contribution is 2.19. The highest BCUT2D eigenvalue weighted by molar-refractivity contribution is 7.93. The van der Waals surface area contributed by atoms with E-state index in [0.29, 0.717) is 0 Å². The molecule has 0 aliphatic rings. The van der Waals surface area contributed by atoms with Crippen LogP contribution in [0.1, 0.15) is 11.1 Å². The second-order valence-corrected chi connectivity index (χ2v) is 11.5. The molecule has 14 nitrogen and oxygen atoms in total. The van der Waals surface area contributed by atoms with Crippen LogP contribution in [0.5, 0.6) is 0 Å². The molecule has 40 heavy (non-hydrogen) atoms. The number of rotatable bonds is 8. The molecule has 16 heteroatoms. The smallest absolute Gasteiger partial charge is 0.263 e. The molecule has 0 fully saturated rings. The lowest BCUT2D eigenvalue weighted by Crippen LogP contribution is -2.13. The number of pyridine rings is 2. The van der Waals surface area contributed by atoms with Crippen LogP contribution < -0.4 is 9.44 Å². The van der Waals surface area contributed by atoms with Gasteiger partial charge >= 0.3 is 0 Å². The zero-order chi connectivity index (χ0) is 29.5. The van der Waals surface area contributed by atoms with E-state index in [-0.39, 0.29) is 32.8 Å². The predicted molar refractivity (Wildman–Crippen MR) is 146 cm³/mol. The summed E-state index contributed by atoms with van der Waals surface area (Å²) in [4.78, 5) is 27.6. The van der Waals surface area contributed by atoms with Crippen molar-refractivity contribution in [3.05, 3.63) is 117 Å². The Kier molecular flexibility index (Phi) is 9.08. The summed E-state index contributed by atoms with van der Waals surface area (Å²) in [7, 11) is -7.61. The molecule has 208 valence electrons. The van der Waals surface area contributed by atoms with Gasteiger partial charge in [0.1, 0.15) is 11.6 Å². The van der Waals surface area contributed by atoms with Crippen LogP contribution >= 0.6 is 0 Å². The monoisotopic (exact) mass is 586 g/mol. The van der Waals surface area contributed by atoms with Gasteiger partial charge in [0.2, 0.25) is 0 Å². The van der Waals surface area contributed by atoms with Crippen molar-refractivity contribution in [3.63, 3.8) is 0 Å². The van der Waals surface area contributed by atoms with Crippen molar-refractivity contribution < 1.29 is 26.7 Å². The molecule has 0 spiro atoms. The van der Waals surface area contributed by atoms with E-state index >= 15 is 0 Å². The van der Waals surface area contributed by atoms with Crippen LogP contribution in [0.25, 0.3) is 0 Å². The van der Waals surface area contributed by atoms with Gasteiger partial charge in [-0.15, -0.1) is 0 Å². The number of nitrogens with one attached hydrogen (secondary N) is 2. The zero-order valence-electron chi connectivity index (χ0n) is 21.0. The number of hydrogen-bond donors (Lipinski definition) is 2. The van der Waals surface area contributed by atoms with Gasteiger partial charge in [0.25, 0.3) is 31.4 Å². The van der Waals surface area contributed by atoms with Crippen molar-refractivity contribution >= 4 is 43.1 Å². The maximum absolute atomic E-state index is 12.0. The first-order chi connectivity index (χ1) is 18.8. The van der Waals surface area contributed by atoms with Gasteiger partial charge in [0.15, 0.2) is 0 Å². The molecule has 0 saturated heterocycles. The van der Waals surface area contributed by atoms with E-state index in [1.807, 2.05) is 13.8 Å². The van der Waals surface area contributed by atoms with Crippen molar-refractivity contribution in [3.8, 4) is 0 Å². The zero-order valence-corrected chi connectivity index (χ0v) is 22.6. The van der Waals surface area contributed by atoms with Crippen molar-refractivity contribution in [2.45, 2.75) is 23.6 Å². The standard InChI is InChI=1S/2C12H11N3O4S/c2*1-9-2-7-12(13-8-9)14-20(18,19)11-5-3-10(4-6-11)15(16)17/h2*2-8H,1H3,(H,13,14). The highest BCUT2D eigenvalue weighted by Gasteiger charge is 2.17. The molecule has 2 heterocycles. The average molecular weight is 587 g/mol. The van der Waals surface area contributed by atoms with Gasteiger partial charge in [0, 0.05) is 36.7 Å². The molecule has 2 aromatic carbocycles. The van der Waals surface area contributed by atoms with E-state index < -0.39 is 29.9 Å². The molecule has 0 aliphatic heterocycles. The van der Waals surface area contributed by atoms with Crippen LogP contribution in [-0.4, -0.2) is 36.7 Å². The Labute approximate surface area is 229 Å². The number of aromatic nitrogens is 2. The molecular formula is C24H22N6O8S2. The summed E-state index contributed by atoms with van der Waals surface area (Å²) in [6.45, 7) is 3.67. The Hall–Kier alpha value is -4.96. The van der Waals surface area contributed by atoms with E-state index in [4.69, 9.17) is 0 Å². The van der Waals surface area contributed by atoms with Crippen LogP contribution in [0.15, 0.2) is 95.0 Å². The van der Waals surface area contributed by atoms with E-state index in [2.05, 4.69) is 19.4 Å². The lowest BCUT2D eigenvalue weighted by Gasteiger charge is -2.07. The summed E-state index contributed by atoms with van der Waals surface area (Å²) in [5.41, 5.74) is 1.47. The summed E-state index contributed by atoms with van der Waals surface area (Å²) >= 11 is 0. The van der Waals surface area contributed by atoms with E-state index in [1.165, 1.54) is 48.8 Å². The van der Waals surface area contributed by atoms with E-state index in [9.17, 15) is 37.1 Å². The average Bonchev–Trinajstić information content (AvgIpc) is 2.91. The normalized spacial score (nSPS) is 11.1. The van der Waals surface area contributed by atoms with E-state index in [0.717, 1.165) is 35.4 Å². The van der Waals surface area contributed by atoms with Gasteiger partial charge in [-0.2, -0.15) is 0 Å². The number of hydrogen-bond acceptors (Lipinski definition) is 10. The molecule has 0 saturated carbocycles.